The molecule has 1 saturated carbocycles. The van der Waals surface area contributed by atoms with Crippen LogP contribution in [0, 0.1) is 0 Å². The maximum Gasteiger partial charge on any atom is 0.343 e. The molecule has 5 rings (SSSR count). The van der Waals surface area contributed by atoms with Gasteiger partial charge in [-0.3, -0.25) is 14.4 Å². The van der Waals surface area contributed by atoms with Crippen LogP contribution < -0.4 is 18.9 Å². The van der Waals surface area contributed by atoms with E-state index in [0.29, 0.717) is 84.5 Å². The zero-order valence-corrected chi connectivity index (χ0v) is 37.4. The topological polar surface area (TPSA) is 141 Å². The van der Waals surface area contributed by atoms with E-state index in [4.69, 9.17) is 51.6 Å². The number of benzene rings is 4. The van der Waals surface area contributed by atoms with Crippen molar-refractivity contribution in [2.45, 2.75) is 77.0 Å². The van der Waals surface area contributed by atoms with Gasteiger partial charge < -0.3 is 28.4 Å². The Hall–Kier alpha value is -5.91. The monoisotopic (exact) mass is 912 g/mol. The van der Waals surface area contributed by atoms with E-state index in [1.165, 1.54) is 0 Å². The number of ketones is 1. The lowest BCUT2D eigenvalue weighted by Crippen LogP contribution is -2.08. The fourth-order valence-electron chi connectivity index (χ4n) is 6.52. The van der Waals surface area contributed by atoms with E-state index in [0.717, 1.165) is 62.5 Å². The van der Waals surface area contributed by atoms with Gasteiger partial charge in [0.15, 0.2) is 5.78 Å². The minimum Gasteiger partial charge on any atom is -0.494 e. The highest BCUT2D eigenvalue weighted by atomic mass is 35.5. The minimum atomic E-state index is -0.495. The molecule has 0 radical (unpaired) electrons. The first-order valence-corrected chi connectivity index (χ1v) is 22.8. The lowest BCUT2D eigenvalue weighted by atomic mass is 10.1. The van der Waals surface area contributed by atoms with Gasteiger partial charge in [0.2, 0.25) is 0 Å². The van der Waals surface area contributed by atoms with Crippen molar-refractivity contribution in [3.05, 3.63) is 130 Å². The molecule has 1 aliphatic carbocycles. The van der Waals surface area contributed by atoms with Gasteiger partial charge in [0.05, 0.1) is 50.4 Å². The van der Waals surface area contributed by atoms with Crippen LogP contribution in [0.25, 0.3) is 12.2 Å². The van der Waals surface area contributed by atoms with E-state index < -0.39 is 11.9 Å². The van der Waals surface area contributed by atoms with Crippen LogP contribution in [0.3, 0.4) is 0 Å². The lowest BCUT2D eigenvalue weighted by molar-refractivity contribution is -0.144. The highest BCUT2D eigenvalue weighted by Gasteiger charge is 2.23. The van der Waals surface area contributed by atoms with Crippen molar-refractivity contribution in [1.82, 2.24) is 0 Å². The van der Waals surface area contributed by atoms with Crippen LogP contribution in [0.15, 0.2) is 108 Å². The number of esters is 4. The second-order valence-electron chi connectivity index (χ2n) is 15.0. The minimum absolute atomic E-state index is 0.0254. The summed E-state index contributed by atoms with van der Waals surface area (Å²) in [5.74, 6) is 1.06. The number of hydrogen-bond acceptors (Lipinski definition) is 11. The normalized spacial score (nSPS) is 13.4. The number of rotatable bonds is 26. The van der Waals surface area contributed by atoms with Gasteiger partial charge in [-0.25, -0.2) is 9.59 Å². The Morgan fingerprint density at radius 3 is 1.16 bits per heavy atom. The predicted octanol–water partition coefficient (Wildman–Crippen LogP) is 11.2. The third-order valence-corrected chi connectivity index (χ3v) is 10.4. The Labute approximate surface area is 384 Å². The number of unbranched alkanes of at least 4 members (excludes halogenated alkanes) is 6. The van der Waals surface area contributed by atoms with E-state index in [-0.39, 0.29) is 42.3 Å². The van der Waals surface area contributed by atoms with Gasteiger partial charge in [0.1, 0.15) is 23.0 Å². The number of Topliss-reactive ketones (excluding diaryl/α,β-unsaturated/α-hetero) is 1. The van der Waals surface area contributed by atoms with Crippen molar-refractivity contribution in [2.75, 3.05) is 38.2 Å². The molecule has 0 saturated heterocycles. The van der Waals surface area contributed by atoms with Crippen molar-refractivity contribution < 1.29 is 52.4 Å². The molecule has 0 bridgehead atoms. The van der Waals surface area contributed by atoms with E-state index in [1.54, 1.807) is 97.1 Å². The SMILES string of the molecule is O=C(CCCl)OCCCCCCOc1ccc(C(=O)Oc2ccc(/C=C3\CC/C(=C\c4ccc(OC(=O)c5ccc(OCCCCCCOC(=O)CCCl)cc5)cc4)C3=O)cc2)cc1. The number of ether oxygens (including phenoxy) is 6. The van der Waals surface area contributed by atoms with Crippen LogP contribution in [0.4, 0.5) is 0 Å². The standard InChI is InChI=1S/C51H54Cl2O11/c52-29-27-47(54)61-33-7-3-1-5-31-59-43-23-15-39(16-24-43)50(57)63-45-19-9-37(10-20-45)35-41-13-14-42(49(41)56)36-38-11-21-46(22-12-38)64-51(58)40-17-25-44(26-18-40)60-32-6-2-4-8-34-62-48(55)28-30-53/h9-12,15-26,35-36H,1-8,13-14,27-34H2/b41-35+,42-36+. The van der Waals surface area contributed by atoms with Crippen LogP contribution in [0.2, 0.25) is 0 Å². The molecule has 1 aliphatic rings. The number of hydrogen-bond donors (Lipinski definition) is 0. The van der Waals surface area contributed by atoms with Crippen molar-refractivity contribution >= 4 is 65.0 Å². The fourth-order valence-corrected chi connectivity index (χ4v) is 6.83. The molecule has 4 aromatic rings. The van der Waals surface area contributed by atoms with Crippen LogP contribution in [-0.4, -0.2) is 67.8 Å². The van der Waals surface area contributed by atoms with Gasteiger partial charge in [-0.05, 0) is 160 Å². The highest BCUT2D eigenvalue weighted by molar-refractivity contribution is 6.19. The van der Waals surface area contributed by atoms with Crippen LogP contribution >= 0.6 is 23.2 Å². The maximum absolute atomic E-state index is 13.3. The summed E-state index contributed by atoms with van der Waals surface area (Å²) in [5, 5.41) is 0. The van der Waals surface area contributed by atoms with Crippen LogP contribution in [-0.2, 0) is 23.9 Å². The summed E-state index contributed by atoms with van der Waals surface area (Å²) >= 11 is 11.0. The summed E-state index contributed by atoms with van der Waals surface area (Å²) in [6.07, 6.45) is 12.4. The zero-order valence-electron chi connectivity index (χ0n) is 35.9. The second-order valence-corrected chi connectivity index (χ2v) is 15.7. The third kappa shape index (κ3) is 17.3. The average Bonchev–Trinajstić information content (AvgIpc) is 3.64. The highest BCUT2D eigenvalue weighted by Crippen LogP contribution is 2.30. The molecule has 0 aromatic heterocycles. The lowest BCUT2D eigenvalue weighted by Gasteiger charge is -2.08. The number of carbonyl (C=O) groups excluding carboxylic acids is 5. The molecule has 4 aromatic carbocycles. The predicted molar refractivity (Wildman–Crippen MR) is 246 cm³/mol. The van der Waals surface area contributed by atoms with Gasteiger partial charge in [-0.2, -0.15) is 0 Å². The quantitative estimate of drug-likeness (QED) is 0.0195. The molecular weight excluding hydrogens is 859 g/mol. The van der Waals surface area contributed by atoms with E-state index in [9.17, 15) is 24.0 Å². The Kier molecular flexibility index (Phi) is 21.0. The summed E-state index contributed by atoms with van der Waals surface area (Å²) in [7, 11) is 0. The largest absolute Gasteiger partial charge is 0.494 e. The molecule has 0 spiro atoms. The molecule has 0 N–H and O–H groups in total. The van der Waals surface area contributed by atoms with Crippen LogP contribution in [0.1, 0.15) is 109 Å². The van der Waals surface area contributed by atoms with E-state index in [2.05, 4.69) is 0 Å². The maximum atomic E-state index is 13.3. The molecule has 64 heavy (non-hydrogen) atoms. The van der Waals surface area contributed by atoms with Gasteiger partial charge in [-0.15, -0.1) is 23.2 Å². The summed E-state index contributed by atoms with van der Waals surface area (Å²) in [4.78, 5) is 61.5. The Morgan fingerprint density at radius 1 is 0.453 bits per heavy atom. The molecular formula is C51H54Cl2O11. The van der Waals surface area contributed by atoms with Crippen molar-refractivity contribution in [3.63, 3.8) is 0 Å². The third-order valence-electron chi connectivity index (χ3n) is 10.0. The summed E-state index contributed by atoms with van der Waals surface area (Å²) in [6, 6.07) is 27.6. The van der Waals surface area contributed by atoms with Crippen molar-refractivity contribution in [3.8, 4) is 23.0 Å². The smallest absolute Gasteiger partial charge is 0.343 e. The molecule has 0 unspecified atom stereocenters. The van der Waals surface area contributed by atoms with E-state index >= 15 is 0 Å². The van der Waals surface area contributed by atoms with Gasteiger partial charge in [0.25, 0.3) is 0 Å². The molecule has 0 heterocycles. The average molecular weight is 914 g/mol. The molecule has 1 fully saturated rings. The van der Waals surface area contributed by atoms with Crippen molar-refractivity contribution in [2.24, 2.45) is 0 Å². The first-order valence-electron chi connectivity index (χ1n) is 21.7. The molecule has 338 valence electrons. The number of alkyl halides is 2. The first kappa shape index (κ1) is 49.1. The number of allylic oxidation sites excluding steroid dienone is 2. The van der Waals surface area contributed by atoms with Gasteiger partial charge >= 0.3 is 23.9 Å². The van der Waals surface area contributed by atoms with Gasteiger partial charge in [0, 0.05) is 22.9 Å². The summed E-state index contributed by atoms with van der Waals surface area (Å²) < 4.78 is 32.9. The fraction of sp³-hybridized carbons (Fsp3) is 0.353. The Balaban J connectivity index is 0.989. The zero-order chi connectivity index (χ0) is 45.4. The molecule has 0 amide bonds. The number of carbonyl (C=O) groups is 5. The number of halogens is 2. The summed E-state index contributed by atoms with van der Waals surface area (Å²) in [5.41, 5.74) is 3.79. The second kappa shape index (κ2) is 27.3. The van der Waals surface area contributed by atoms with Gasteiger partial charge in [-0.1, -0.05) is 24.3 Å². The van der Waals surface area contributed by atoms with E-state index in [1.807, 2.05) is 12.2 Å². The van der Waals surface area contributed by atoms with Crippen molar-refractivity contribution in [1.29, 1.82) is 0 Å². The Morgan fingerprint density at radius 2 is 0.797 bits per heavy atom. The van der Waals surface area contributed by atoms with Crippen LogP contribution in [0.5, 0.6) is 23.0 Å². The Bertz CT molecular complexity index is 2020. The first-order chi connectivity index (χ1) is 31.2. The molecule has 0 aliphatic heterocycles. The molecule has 13 heteroatoms. The molecule has 11 nitrogen and oxygen atoms in total. The summed E-state index contributed by atoms with van der Waals surface area (Å²) in [6.45, 7) is 1.88. The molecule has 0 atom stereocenters.